The normalized spacial score (nSPS) is 16.5. The van der Waals surface area contributed by atoms with Crippen molar-refractivity contribution in [3.63, 3.8) is 0 Å². The van der Waals surface area contributed by atoms with Crippen LogP contribution in [-0.4, -0.2) is 0 Å². The smallest absolute Gasteiger partial charge is 0.0108 e. The number of allylic oxidation sites excluding steroid dienone is 16. The van der Waals surface area contributed by atoms with Gasteiger partial charge in [0.1, 0.15) is 0 Å². The van der Waals surface area contributed by atoms with Gasteiger partial charge in [0, 0.05) is 0 Å². The second-order valence-electron chi connectivity index (χ2n) is 8.19. The van der Waals surface area contributed by atoms with Crippen LogP contribution in [0.25, 0.3) is 0 Å². The summed E-state index contributed by atoms with van der Waals surface area (Å²) in [6.07, 6.45) is 24.3. The van der Waals surface area contributed by atoms with Crippen molar-refractivity contribution in [3.8, 4) is 0 Å². The summed E-state index contributed by atoms with van der Waals surface area (Å²) in [7, 11) is 0. The van der Waals surface area contributed by atoms with Crippen LogP contribution in [0, 0.1) is 0 Å². The molecule has 0 heteroatoms. The van der Waals surface area contributed by atoms with E-state index in [4.69, 9.17) is 0 Å². The Hall–Kier alpha value is -2.08. The Morgan fingerprint density at radius 2 is 0.903 bits per heavy atom. The Morgan fingerprint density at radius 3 is 1.00 bits per heavy atom. The van der Waals surface area contributed by atoms with E-state index in [1.807, 2.05) is 0 Å². The van der Waals surface area contributed by atoms with Gasteiger partial charge in [0.2, 0.25) is 0 Å². The summed E-state index contributed by atoms with van der Waals surface area (Å²) in [6, 6.07) is 0. The van der Waals surface area contributed by atoms with Crippen LogP contribution in [-0.2, 0) is 0 Å². The summed E-state index contributed by atoms with van der Waals surface area (Å²) in [6.45, 7) is 15.1. The number of hydrogen-bond acceptors (Lipinski definition) is 0. The Morgan fingerprint density at radius 1 is 0.484 bits per heavy atom. The summed E-state index contributed by atoms with van der Waals surface area (Å²) in [5, 5.41) is 0. The maximum absolute atomic E-state index is 2.25. The molecule has 0 N–H and O–H groups in total. The highest BCUT2D eigenvalue weighted by Gasteiger charge is 1.96. The molecule has 0 bridgehead atoms. The Labute approximate surface area is 197 Å². The maximum Gasteiger partial charge on any atom is -0.0108 e. The molecule has 0 aromatic heterocycles. The van der Waals surface area contributed by atoms with Crippen molar-refractivity contribution in [1.82, 2.24) is 0 Å². The molecule has 4 rings (SSSR count). The van der Waals surface area contributed by atoms with Gasteiger partial charge in [-0.3, -0.25) is 0 Å². The van der Waals surface area contributed by atoms with Crippen LogP contribution in [0.15, 0.2) is 93.7 Å². The minimum absolute atomic E-state index is 0. The zero-order valence-corrected chi connectivity index (χ0v) is 18.5. The van der Waals surface area contributed by atoms with Gasteiger partial charge in [-0.15, -0.1) is 0 Å². The molecule has 0 aromatic rings. The highest BCUT2D eigenvalue weighted by atomic mass is 14.0. The Balaban J connectivity index is -0.000000151. The molecule has 0 spiro atoms. The summed E-state index contributed by atoms with van der Waals surface area (Å²) >= 11 is 0. The average Bonchev–Trinajstić information content (AvgIpc) is 3.37. The molecule has 0 radical (unpaired) electrons. The van der Waals surface area contributed by atoms with Crippen molar-refractivity contribution in [2.45, 2.75) is 104 Å². The van der Waals surface area contributed by atoms with Crippen LogP contribution in [0.4, 0.5) is 0 Å². The summed E-state index contributed by atoms with van der Waals surface area (Å²) in [5.41, 5.74) is 10.3. The summed E-state index contributed by atoms with van der Waals surface area (Å²) in [4.78, 5) is 0. The van der Waals surface area contributed by atoms with Crippen LogP contribution in [0.2, 0.25) is 0 Å². The van der Waals surface area contributed by atoms with Gasteiger partial charge in [0.25, 0.3) is 0 Å². The minimum Gasteiger partial charge on any atom is -0.0805 e. The standard InChI is InChI=1S/3C7H10.C6H8.4CH4/c3*1-6-3-4-7(2)5-6;1-6-4-2-3-5-6;;;;/h3,5H,4H2,1-2H3;2*3-4H,5H2,1-2H3;2-4H,5H2,1H3;4*1H4. The number of rotatable bonds is 0. The van der Waals surface area contributed by atoms with E-state index in [-0.39, 0.29) is 29.7 Å². The first-order valence-corrected chi connectivity index (χ1v) is 10.1. The predicted octanol–water partition coefficient (Wildman–Crippen LogP) is 11.3. The lowest BCUT2D eigenvalue weighted by molar-refractivity contribution is 1.15. The van der Waals surface area contributed by atoms with Crippen molar-refractivity contribution in [3.05, 3.63) is 93.7 Å². The molecule has 0 fully saturated rings. The minimum atomic E-state index is 0. The van der Waals surface area contributed by atoms with Gasteiger partial charge < -0.3 is 0 Å². The first kappa shape index (κ1) is 36.3. The van der Waals surface area contributed by atoms with Gasteiger partial charge in [-0.2, -0.15) is 0 Å². The van der Waals surface area contributed by atoms with Crippen molar-refractivity contribution in [2.24, 2.45) is 0 Å². The van der Waals surface area contributed by atoms with Gasteiger partial charge in [-0.05, 0) is 74.1 Å². The molecular weight excluding hydrogens is 372 g/mol. The SMILES string of the molecule is C.C.C.C.CC1=CC=C(C)C1.CC1=CC=C(C)C1.CC1=CC=CC1.CC1=CCC(C)=C1. The molecule has 31 heavy (non-hydrogen) atoms. The van der Waals surface area contributed by atoms with E-state index < -0.39 is 0 Å². The average molecular weight is 427 g/mol. The highest BCUT2D eigenvalue weighted by Crippen LogP contribution is 2.17. The van der Waals surface area contributed by atoms with Gasteiger partial charge in [-0.25, -0.2) is 0 Å². The van der Waals surface area contributed by atoms with Crippen LogP contribution in [0.3, 0.4) is 0 Å². The largest absolute Gasteiger partial charge is 0.0805 e. The first-order valence-electron chi connectivity index (χ1n) is 10.1. The van der Waals surface area contributed by atoms with Crippen molar-refractivity contribution >= 4 is 0 Å². The molecule has 0 atom stereocenters. The van der Waals surface area contributed by atoms with Crippen LogP contribution in [0.1, 0.15) is 104 Å². The fraction of sp³-hybridized carbons (Fsp3) is 0.484. The molecule has 0 saturated carbocycles. The molecule has 0 aliphatic heterocycles. The third-order valence-electron chi connectivity index (χ3n) is 4.60. The van der Waals surface area contributed by atoms with Gasteiger partial charge >= 0.3 is 0 Å². The lowest BCUT2D eigenvalue weighted by Crippen LogP contribution is -1.67. The van der Waals surface area contributed by atoms with E-state index in [9.17, 15) is 0 Å². The van der Waals surface area contributed by atoms with Gasteiger partial charge in [-0.1, -0.05) is 123 Å². The lowest BCUT2D eigenvalue weighted by Gasteiger charge is -1.87. The van der Waals surface area contributed by atoms with E-state index in [0.717, 1.165) is 0 Å². The first-order chi connectivity index (χ1) is 12.8. The highest BCUT2D eigenvalue weighted by molar-refractivity contribution is 5.29. The second-order valence-corrected chi connectivity index (χ2v) is 8.19. The third kappa shape index (κ3) is 18.4. The summed E-state index contributed by atoms with van der Waals surface area (Å²) < 4.78 is 0. The molecule has 0 nitrogen and oxygen atoms in total. The van der Waals surface area contributed by atoms with Crippen molar-refractivity contribution < 1.29 is 0 Å². The lowest BCUT2D eigenvalue weighted by atomic mass is 10.2. The fourth-order valence-electron chi connectivity index (χ4n) is 3.07. The zero-order valence-electron chi connectivity index (χ0n) is 18.5. The molecule has 0 aromatic carbocycles. The van der Waals surface area contributed by atoms with E-state index >= 15 is 0 Å². The number of hydrogen-bond donors (Lipinski definition) is 0. The maximum atomic E-state index is 2.25. The molecule has 4 aliphatic carbocycles. The monoisotopic (exact) mass is 426 g/mol. The van der Waals surface area contributed by atoms with E-state index in [1.54, 1.807) is 0 Å². The molecule has 0 amide bonds. The Bertz CT molecular complexity index is 671. The Kier molecular flexibility index (Phi) is 23.3. The quantitative estimate of drug-likeness (QED) is 0.361. The molecule has 0 heterocycles. The van der Waals surface area contributed by atoms with Gasteiger partial charge in [0.15, 0.2) is 0 Å². The molecule has 178 valence electrons. The van der Waals surface area contributed by atoms with E-state index in [1.165, 1.54) is 64.7 Å². The summed E-state index contributed by atoms with van der Waals surface area (Å²) in [5.74, 6) is 0. The third-order valence-corrected chi connectivity index (χ3v) is 4.60. The predicted molar refractivity (Wildman–Crippen MR) is 151 cm³/mol. The molecule has 4 aliphatic rings. The van der Waals surface area contributed by atoms with Crippen molar-refractivity contribution in [1.29, 1.82) is 0 Å². The molecule has 0 saturated heterocycles. The fourth-order valence-corrected chi connectivity index (χ4v) is 3.07. The van der Waals surface area contributed by atoms with Crippen LogP contribution >= 0.6 is 0 Å². The van der Waals surface area contributed by atoms with Gasteiger partial charge in [0.05, 0.1) is 0 Å². The zero-order chi connectivity index (χ0) is 20.2. The van der Waals surface area contributed by atoms with E-state index in [0.29, 0.717) is 0 Å². The molecule has 0 unspecified atom stereocenters. The topological polar surface area (TPSA) is 0 Å². The van der Waals surface area contributed by atoms with Crippen LogP contribution in [0.5, 0.6) is 0 Å². The second kappa shape index (κ2) is 19.9. The molecular formula is C31H54. The van der Waals surface area contributed by atoms with E-state index in [2.05, 4.69) is 103 Å². The van der Waals surface area contributed by atoms with Crippen molar-refractivity contribution in [2.75, 3.05) is 0 Å². The van der Waals surface area contributed by atoms with Crippen LogP contribution < -0.4 is 0 Å².